The van der Waals surface area contributed by atoms with Gasteiger partial charge in [-0.25, -0.2) is 0 Å². The van der Waals surface area contributed by atoms with Crippen molar-refractivity contribution in [2.24, 2.45) is 0 Å². The molecule has 0 saturated heterocycles. The Hall–Kier alpha value is -2.99. The highest BCUT2D eigenvalue weighted by atomic mass is 32.2. The molecule has 0 saturated carbocycles. The minimum absolute atomic E-state index is 0.593. The Morgan fingerprint density at radius 3 is 2.41 bits per heavy atom. The lowest BCUT2D eigenvalue weighted by Crippen LogP contribution is -2.03. The van der Waals surface area contributed by atoms with E-state index in [1.807, 2.05) is 31.2 Å². The maximum Gasteiger partial charge on any atom is 0.196 e. The Balaban J connectivity index is 1.53. The monoisotopic (exact) mass is 405 g/mol. The van der Waals surface area contributed by atoms with E-state index in [0.717, 1.165) is 39.5 Å². The number of rotatable bonds is 7. The molecule has 4 aromatic rings. The summed E-state index contributed by atoms with van der Waals surface area (Å²) in [6.07, 6.45) is 1.68. The van der Waals surface area contributed by atoms with Gasteiger partial charge in [0.15, 0.2) is 11.0 Å². The van der Waals surface area contributed by atoms with Crippen molar-refractivity contribution in [3.63, 3.8) is 0 Å². The van der Waals surface area contributed by atoms with Gasteiger partial charge in [0.2, 0.25) is 0 Å². The summed E-state index contributed by atoms with van der Waals surface area (Å²) in [5.41, 5.74) is 4.37. The number of aryl methyl sites for hydroxylation is 3. The van der Waals surface area contributed by atoms with E-state index in [1.54, 1.807) is 18.0 Å². The average Bonchev–Trinajstić information content (AvgIpc) is 3.31. The van der Waals surface area contributed by atoms with E-state index in [-0.39, 0.29) is 0 Å². The maximum atomic E-state index is 5.94. The molecule has 148 valence electrons. The number of furan rings is 1. The Bertz CT molecular complexity index is 1080. The average molecular weight is 406 g/mol. The molecule has 4 rings (SSSR count). The SMILES string of the molecule is Cc1cc(C)cc(OCCSc2nnc(-c3ccoc3C)n2-c2ccccc2)c1. The van der Waals surface area contributed by atoms with Gasteiger partial charge in [0.1, 0.15) is 11.5 Å². The molecule has 2 heterocycles. The van der Waals surface area contributed by atoms with Crippen LogP contribution in [0, 0.1) is 20.8 Å². The fraction of sp³-hybridized carbons (Fsp3) is 0.217. The van der Waals surface area contributed by atoms with Crippen LogP contribution in [0.25, 0.3) is 17.1 Å². The van der Waals surface area contributed by atoms with E-state index in [0.29, 0.717) is 6.61 Å². The number of aromatic nitrogens is 3. The van der Waals surface area contributed by atoms with Crippen LogP contribution in [0.5, 0.6) is 5.75 Å². The van der Waals surface area contributed by atoms with Gasteiger partial charge in [-0.1, -0.05) is 36.0 Å². The number of hydrogen-bond donors (Lipinski definition) is 0. The molecule has 2 aromatic heterocycles. The van der Waals surface area contributed by atoms with Crippen molar-refractivity contribution >= 4 is 11.8 Å². The van der Waals surface area contributed by atoms with E-state index in [1.165, 1.54) is 11.1 Å². The molecule has 0 aliphatic heterocycles. The summed E-state index contributed by atoms with van der Waals surface area (Å²) in [7, 11) is 0. The minimum Gasteiger partial charge on any atom is -0.493 e. The second-order valence-corrected chi connectivity index (χ2v) is 7.95. The van der Waals surface area contributed by atoms with Gasteiger partial charge in [-0.2, -0.15) is 0 Å². The molecule has 0 bridgehead atoms. The summed E-state index contributed by atoms with van der Waals surface area (Å²) in [6, 6.07) is 18.3. The van der Waals surface area contributed by atoms with Crippen molar-refractivity contribution in [1.29, 1.82) is 0 Å². The van der Waals surface area contributed by atoms with E-state index >= 15 is 0 Å². The second kappa shape index (κ2) is 8.57. The predicted octanol–water partition coefficient (Wildman–Crippen LogP) is 5.62. The maximum absolute atomic E-state index is 5.94. The standard InChI is InChI=1S/C23H23N3O2S/c1-16-13-17(2)15-20(14-16)28-11-12-29-23-25-24-22(21-9-10-27-18(21)3)26(23)19-7-5-4-6-8-19/h4-10,13-15H,11-12H2,1-3H3. The Labute approximate surface area is 174 Å². The van der Waals surface area contributed by atoms with Crippen LogP contribution in [0.2, 0.25) is 0 Å². The zero-order chi connectivity index (χ0) is 20.2. The number of para-hydroxylation sites is 1. The van der Waals surface area contributed by atoms with Crippen LogP contribution < -0.4 is 4.74 Å². The molecule has 0 radical (unpaired) electrons. The van der Waals surface area contributed by atoms with Gasteiger partial charge in [0.05, 0.1) is 18.4 Å². The molecule has 6 heteroatoms. The van der Waals surface area contributed by atoms with E-state index in [2.05, 4.69) is 58.9 Å². The molecular formula is C23H23N3O2S. The lowest BCUT2D eigenvalue weighted by molar-refractivity contribution is 0.343. The normalized spacial score (nSPS) is 11.0. The molecule has 0 N–H and O–H groups in total. The quantitative estimate of drug-likeness (QED) is 0.295. The molecule has 0 aliphatic carbocycles. The second-order valence-electron chi connectivity index (χ2n) is 6.89. The van der Waals surface area contributed by atoms with Gasteiger partial charge in [0, 0.05) is 11.4 Å². The third-order valence-corrected chi connectivity index (χ3v) is 5.42. The Morgan fingerprint density at radius 1 is 0.966 bits per heavy atom. The molecule has 29 heavy (non-hydrogen) atoms. The largest absolute Gasteiger partial charge is 0.493 e. The van der Waals surface area contributed by atoms with Gasteiger partial charge in [0.25, 0.3) is 0 Å². The molecule has 2 aromatic carbocycles. The topological polar surface area (TPSA) is 53.1 Å². The first-order valence-electron chi connectivity index (χ1n) is 9.51. The third kappa shape index (κ3) is 4.38. The molecule has 0 aliphatic rings. The molecule has 5 nitrogen and oxygen atoms in total. The molecule has 0 atom stereocenters. The fourth-order valence-electron chi connectivity index (χ4n) is 3.27. The van der Waals surface area contributed by atoms with Crippen LogP contribution in [-0.2, 0) is 0 Å². The van der Waals surface area contributed by atoms with Gasteiger partial charge >= 0.3 is 0 Å². The van der Waals surface area contributed by atoms with Gasteiger partial charge in [-0.3, -0.25) is 4.57 Å². The van der Waals surface area contributed by atoms with E-state index in [4.69, 9.17) is 9.15 Å². The summed E-state index contributed by atoms with van der Waals surface area (Å²) >= 11 is 1.63. The third-order valence-electron chi connectivity index (χ3n) is 4.53. The Morgan fingerprint density at radius 2 is 1.72 bits per heavy atom. The van der Waals surface area contributed by atoms with Gasteiger partial charge < -0.3 is 9.15 Å². The summed E-state index contributed by atoms with van der Waals surface area (Å²) in [4.78, 5) is 0. The summed E-state index contributed by atoms with van der Waals surface area (Å²) in [6.45, 7) is 6.69. The van der Waals surface area contributed by atoms with Gasteiger partial charge in [-0.15, -0.1) is 10.2 Å². The first kappa shape index (κ1) is 19.3. The number of nitrogens with zero attached hydrogens (tertiary/aromatic N) is 3. The van der Waals surface area contributed by atoms with Crippen molar-refractivity contribution in [2.75, 3.05) is 12.4 Å². The number of ether oxygens (including phenoxy) is 1. The fourth-order valence-corrected chi connectivity index (χ4v) is 4.04. The van der Waals surface area contributed by atoms with E-state index < -0.39 is 0 Å². The van der Waals surface area contributed by atoms with Crippen LogP contribution in [0.3, 0.4) is 0 Å². The molecule has 0 spiro atoms. The number of benzene rings is 2. The molecule has 0 fully saturated rings. The number of thioether (sulfide) groups is 1. The van der Waals surface area contributed by atoms with Crippen molar-refractivity contribution in [2.45, 2.75) is 25.9 Å². The number of hydrogen-bond acceptors (Lipinski definition) is 5. The van der Waals surface area contributed by atoms with Crippen molar-refractivity contribution in [3.8, 4) is 22.8 Å². The Kier molecular flexibility index (Phi) is 5.71. The zero-order valence-electron chi connectivity index (χ0n) is 16.8. The van der Waals surface area contributed by atoms with Crippen molar-refractivity contribution in [3.05, 3.63) is 77.7 Å². The zero-order valence-corrected chi connectivity index (χ0v) is 17.6. The summed E-state index contributed by atoms with van der Waals surface area (Å²) in [5.74, 6) is 3.27. The van der Waals surface area contributed by atoms with Crippen LogP contribution in [0.1, 0.15) is 16.9 Å². The first-order chi connectivity index (χ1) is 14.1. The van der Waals surface area contributed by atoms with Crippen LogP contribution >= 0.6 is 11.8 Å². The smallest absolute Gasteiger partial charge is 0.196 e. The summed E-state index contributed by atoms with van der Waals surface area (Å²) < 4.78 is 13.5. The van der Waals surface area contributed by atoms with Crippen LogP contribution in [0.15, 0.2) is 70.4 Å². The minimum atomic E-state index is 0.593. The molecule has 0 unspecified atom stereocenters. The van der Waals surface area contributed by atoms with Crippen molar-refractivity contribution in [1.82, 2.24) is 14.8 Å². The highest BCUT2D eigenvalue weighted by molar-refractivity contribution is 7.99. The highest BCUT2D eigenvalue weighted by Crippen LogP contribution is 2.30. The molecule has 0 amide bonds. The lowest BCUT2D eigenvalue weighted by Gasteiger charge is -2.11. The lowest BCUT2D eigenvalue weighted by atomic mass is 10.1. The van der Waals surface area contributed by atoms with E-state index in [9.17, 15) is 0 Å². The highest BCUT2D eigenvalue weighted by Gasteiger charge is 2.18. The van der Waals surface area contributed by atoms with Crippen LogP contribution in [-0.4, -0.2) is 27.1 Å². The molecular weight excluding hydrogens is 382 g/mol. The van der Waals surface area contributed by atoms with Crippen molar-refractivity contribution < 1.29 is 9.15 Å². The van der Waals surface area contributed by atoms with Crippen LogP contribution in [0.4, 0.5) is 0 Å². The predicted molar refractivity (Wildman–Crippen MR) is 116 cm³/mol. The first-order valence-corrected chi connectivity index (χ1v) is 10.5. The van der Waals surface area contributed by atoms with Gasteiger partial charge in [-0.05, 0) is 62.2 Å². The summed E-state index contributed by atoms with van der Waals surface area (Å²) in [5, 5.41) is 9.72.